The van der Waals surface area contributed by atoms with Gasteiger partial charge in [0.25, 0.3) is 0 Å². The van der Waals surface area contributed by atoms with Crippen LogP contribution in [0.1, 0.15) is 6.42 Å². The Labute approximate surface area is 127 Å². The molecule has 0 bridgehead atoms. The summed E-state index contributed by atoms with van der Waals surface area (Å²) in [5, 5.41) is 9.21. The van der Waals surface area contributed by atoms with E-state index in [4.69, 9.17) is 0 Å². The SMILES string of the molecule is O=C(O)N1CCC(N2C=CC=NC2)C(F)(N2C=CC=NC2)C1. The van der Waals surface area contributed by atoms with Gasteiger partial charge in [0.15, 0.2) is 0 Å². The Morgan fingerprint density at radius 1 is 1.23 bits per heavy atom. The summed E-state index contributed by atoms with van der Waals surface area (Å²) in [6, 6.07) is -0.477. The lowest BCUT2D eigenvalue weighted by molar-refractivity contribution is -0.106. The number of amides is 1. The van der Waals surface area contributed by atoms with Crippen LogP contribution in [0.3, 0.4) is 0 Å². The molecule has 2 atom stereocenters. The first-order chi connectivity index (χ1) is 10.6. The number of nitrogens with zero attached hydrogens (tertiary/aromatic N) is 5. The average molecular weight is 307 g/mol. The summed E-state index contributed by atoms with van der Waals surface area (Å²) >= 11 is 0. The van der Waals surface area contributed by atoms with E-state index in [0.29, 0.717) is 19.6 Å². The van der Waals surface area contributed by atoms with Gasteiger partial charge in [-0.25, -0.2) is 9.18 Å². The number of allylic oxidation sites excluding steroid dienone is 2. The van der Waals surface area contributed by atoms with Crippen LogP contribution >= 0.6 is 0 Å². The van der Waals surface area contributed by atoms with Gasteiger partial charge in [-0.15, -0.1) is 0 Å². The Bertz CT molecular complexity index is 561. The maximum absolute atomic E-state index is 15.9. The van der Waals surface area contributed by atoms with Crippen molar-refractivity contribution >= 4 is 18.5 Å². The number of likely N-dealkylation sites (tertiary alicyclic amines) is 1. The van der Waals surface area contributed by atoms with Gasteiger partial charge in [-0.3, -0.25) is 9.98 Å². The van der Waals surface area contributed by atoms with Crippen LogP contribution < -0.4 is 0 Å². The molecule has 1 N–H and O–H groups in total. The van der Waals surface area contributed by atoms with Gasteiger partial charge in [-0.1, -0.05) is 0 Å². The summed E-state index contributed by atoms with van der Waals surface area (Å²) in [5.74, 6) is -1.85. The summed E-state index contributed by atoms with van der Waals surface area (Å²) < 4.78 is 15.9. The quantitative estimate of drug-likeness (QED) is 0.776. The van der Waals surface area contributed by atoms with Crippen LogP contribution in [0.25, 0.3) is 0 Å². The summed E-state index contributed by atoms with van der Waals surface area (Å²) in [7, 11) is 0. The van der Waals surface area contributed by atoms with Crippen molar-refractivity contribution in [1.29, 1.82) is 0 Å². The first-order valence-electron chi connectivity index (χ1n) is 7.14. The highest BCUT2D eigenvalue weighted by Crippen LogP contribution is 2.34. The van der Waals surface area contributed by atoms with Crippen molar-refractivity contribution in [3.8, 4) is 0 Å². The van der Waals surface area contributed by atoms with Crippen LogP contribution in [0.4, 0.5) is 9.18 Å². The van der Waals surface area contributed by atoms with Gasteiger partial charge in [0.2, 0.25) is 5.79 Å². The largest absolute Gasteiger partial charge is 0.465 e. The molecule has 118 valence electrons. The number of hydrogen-bond donors (Lipinski definition) is 1. The number of rotatable bonds is 2. The van der Waals surface area contributed by atoms with Crippen molar-refractivity contribution in [3.63, 3.8) is 0 Å². The lowest BCUT2D eigenvalue weighted by atomic mass is 9.93. The molecule has 0 spiro atoms. The maximum Gasteiger partial charge on any atom is 0.407 e. The van der Waals surface area contributed by atoms with Gasteiger partial charge in [-0.2, -0.15) is 0 Å². The number of carbonyl (C=O) groups is 1. The molecule has 3 rings (SSSR count). The minimum atomic E-state index is -1.85. The van der Waals surface area contributed by atoms with Crippen LogP contribution in [0.2, 0.25) is 0 Å². The molecule has 7 nitrogen and oxygen atoms in total. The third-order valence-corrected chi connectivity index (χ3v) is 4.15. The van der Waals surface area contributed by atoms with Crippen molar-refractivity contribution in [2.45, 2.75) is 18.3 Å². The highest BCUT2D eigenvalue weighted by molar-refractivity contribution is 5.72. The molecular weight excluding hydrogens is 289 g/mol. The average Bonchev–Trinajstić information content (AvgIpc) is 2.56. The van der Waals surface area contributed by atoms with Crippen molar-refractivity contribution in [1.82, 2.24) is 14.7 Å². The van der Waals surface area contributed by atoms with Crippen molar-refractivity contribution < 1.29 is 14.3 Å². The molecule has 1 fully saturated rings. The standard InChI is InChI=1S/C14H18FN5O2/c15-14(20-7-2-5-17-11-20)9-18(13(21)22)8-3-12(14)19-6-1-4-16-10-19/h1-2,4-7,12H,3,8-11H2,(H,21,22). The molecule has 0 aromatic rings. The molecule has 8 heteroatoms. The zero-order valence-corrected chi connectivity index (χ0v) is 12.0. The third-order valence-electron chi connectivity index (χ3n) is 4.15. The molecule has 2 unspecified atom stereocenters. The van der Waals surface area contributed by atoms with Crippen LogP contribution in [-0.4, -0.2) is 76.6 Å². The maximum atomic E-state index is 15.9. The Hall–Kier alpha value is -2.38. The van der Waals surface area contributed by atoms with Crippen molar-refractivity contribution in [2.75, 3.05) is 26.4 Å². The first-order valence-corrected chi connectivity index (χ1v) is 7.14. The highest BCUT2D eigenvalue weighted by atomic mass is 19.1. The van der Waals surface area contributed by atoms with Gasteiger partial charge < -0.3 is 19.8 Å². The number of halogens is 1. The van der Waals surface area contributed by atoms with E-state index >= 15 is 4.39 Å². The number of aliphatic imine (C=N–C) groups is 2. The lowest BCUT2D eigenvalue weighted by Crippen LogP contribution is -2.66. The van der Waals surface area contributed by atoms with E-state index in [2.05, 4.69) is 9.98 Å². The molecule has 3 heterocycles. The van der Waals surface area contributed by atoms with Crippen LogP contribution in [0.15, 0.2) is 34.5 Å². The van der Waals surface area contributed by atoms with Gasteiger partial charge in [0, 0.05) is 31.4 Å². The van der Waals surface area contributed by atoms with Gasteiger partial charge in [-0.05, 0) is 18.6 Å². The van der Waals surface area contributed by atoms with Crippen molar-refractivity contribution in [3.05, 3.63) is 24.6 Å². The first kappa shape index (κ1) is 14.6. The number of hydrogen-bond acceptors (Lipinski definition) is 5. The molecule has 0 aliphatic carbocycles. The smallest absolute Gasteiger partial charge is 0.407 e. The van der Waals surface area contributed by atoms with E-state index in [9.17, 15) is 9.90 Å². The summed E-state index contributed by atoms with van der Waals surface area (Å²) in [4.78, 5) is 23.9. The molecule has 0 aromatic heterocycles. The summed E-state index contributed by atoms with van der Waals surface area (Å²) in [6.07, 6.45) is 9.44. The minimum absolute atomic E-state index is 0.178. The summed E-state index contributed by atoms with van der Waals surface area (Å²) in [5.41, 5.74) is 0. The Morgan fingerprint density at radius 3 is 2.55 bits per heavy atom. The molecule has 22 heavy (non-hydrogen) atoms. The summed E-state index contributed by atoms with van der Waals surface area (Å²) in [6.45, 7) is 0.653. The zero-order chi connectivity index (χ0) is 15.6. The lowest BCUT2D eigenvalue weighted by Gasteiger charge is -2.50. The van der Waals surface area contributed by atoms with Crippen LogP contribution in [0.5, 0.6) is 0 Å². The second-order valence-electron chi connectivity index (χ2n) is 5.44. The van der Waals surface area contributed by atoms with E-state index in [1.165, 1.54) is 4.90 Å². The second-order valence-corrected chi connectivity index (χ2v) is 5.44. The zero-order valence-electron chi connectivity index (χ0n) is 12.0. The Balaban J connectivity index is 1.88. The Kier molecular flexibility index (Phi) is 3.82. The van der Waals surface area contributed by atoms with Crippen molar-refractivity contribution in [2.24, 2.45) is 9.98 Å². The molecule has 3 aliphatic heterocycles. The van der Waals surface area contributed by atoms with Crippen LogP contribution in [-0.2, 0) is 0 Å². The minimum Gasteiger partial charge on any atom is -0.465 e. The highest BCUT2D eigenvalue weighted by Gasteiger charge is 2.51. The molecule has 0 aromatic carbocycles. The van der Waals surface area contributed by atoms with E-state index in [-0.39, 0.29) is 13.2 Å². The number of carboxylic acid groups (broad SMARTS) is 1. The monoisotopic (exact) mass is 307 g/mol. The molecule has 0 saturated carbocycles. The van der Waals surface area contributed by atoms with Crippen LogP contribution in [0, 0.1) is 0 Å². The fourth-order valence-corrected chi connectivity index (χ4v) is 3.04. The van der Waals surface area contributed by atoms with Gasteiger partial charge >= 0.3 is 6.09 Å². The molecule has 1 amide bonds. The Morgan fingerprint density at radius 2 is 1.95 bits per heavy atom. The number of piperidine rings is 1. The fraction of sp³-hybridized carbons (Fsp3) is 0.500. The molecular formula is C14H18FN5O2. The normalized spacial score (nSPS) is 31.0. The molecule has 3 aliphatic rings. The van der Waals surface area contributed by atoms with Gasteiger partial charge in [0.05, 0.1) is 12.6 Å². The predicted octanol–water partition coefficient (Wildman–Crippen LogP) is 1.12. The second kappa shape index (κ2) is 5.78. The topological polar surface area (TPSA) is 71.7 Å². The van der Waals surface area contributed by atoms with E-state index in [1.807, 2.05) is 4.90 Å². The predicted molar refractivity (Wildman–Crippen MR) is 80.5 cm³/mol. The third kappa shape index (κ3) is 2.56. The van der Waals surface area contributed by atoms with E-state index < -0.39 is 17.9 Å². The molecule has 0 radical (unpaired) electrons. The van der Waals surface area contributed by atoms with E-state index in [1.54, 1.807) is 37.0 Å². The number of alkyl halides is 1. The van der Waals surface area contributed by atoms with E-state index in [0.717, 1.165) is 4.90 Å². The molecule has 1 saturated heterocycles. The fourth-order valence-electron chi connectivity index (χ4n) is 3.04. The van der Waals surface area contributed by atoms with Gasteiger partial charge in [0.1, 0.15) is 13.3 Å².